The maximum atomic E-state index is 12.6. The molecule has 7 heteroatoms. The minimum Gasteiger partial charge on any atom is -0.393 e. The molecule has 1 saturated heterocycles. The van der Waals surface area contributed by atoms with E-state index < -0.39 is 5.60 Å². The number of anilines is 1. The third-order valence-corrected chi connectivity index (χ3v) is 5.20. The molecule has 1 fully saturated rings. The first kappa shape index (κ1) is 22.2. The molecule has 0 spiro atoms. The molecule has 2 atom stereocenters. The topological polar surface area (TPSA) is 90.9 Å². The molecular formula is C21H33N3O4. The van der Waals surface area contributed by atoms with Gasteiger partial charge in [-0.15, -0.1) is 0 Å². The van der Waals surface area contributed by atoms with Gasteiger partial charge in [0.05, 0.1) is 19.2 Å². The lowest BCUT2D eigenvalue weighted by Crippen LogP contribution is -2.56. The summed E-state index contributed by atoms with van der Waals surface area (Å²) < 4.78 is 5.50. The lowest BCUT2D eigenvalue weighted by molar-refractivity contribution is -0.146. The molecule has 0 saturated carbocycles. The van der Waals surface area contributed by atoms with Gasteiger partial charge < -0.3 is 25.4 Å². The zero-order chi connectivity index (χ0) is 20.8. The number of nitrogens with one attached hydrogen (secondary N) is 2. The highest BCUT2D eigenvalue weighted by molar-refractivity contribution is 5.86. The third-order valence-electron chi connectivity index (χ3n) is 5.20. The molecule has 0 aromatic heterocycles. The lowest BCUT2D eigenvalue weighted by atomic mass is 9.86. The molecule has 28 heavy (non-hydrogen) atoms. The summed E-state index contributed by atoms with van der Waals surface area (Å²) in [5.41, 5.74) is -0.446. The van der Waals surface area contributed by atoms with Crippen LogP contribution in [0.4, 0.5) is 5.69 Å². The van der Waals surface area contributed by atoms with Crippen molar-refractivity contribution in [2.45, 2.75) is 45.3 Å². The summed E-state index contributed by atoms with van der Waals surface area (Å²) in [5, 5.41) is 15.5. The van der Waals surface area contributed by atoms with Gasteiger partial charge in [-0.3, -0.25) is 9.59 Å². The first-order valence-electron chi connectivity index (χ1n) is 9.76. The van der Waals surface area contributed by atoms with Crippen LogP contribution in [0.1, 0.15) is 33.6 Å². The average Bonchev–Trinajstić information content (AvgIpc) is 3.15. The second kappa shape index (κ2) is 9.39. The van der Waals surface area contributed by atoms with Gasteiger partial charge >= 0.3 is 0 Å². The number of nitrogens with zero attached hydrogens (tertiary/aromatic N) is 1. The Balaban J connectivity index is 1.94. The predicted octanol–water partition coefficient (Wildman–Crippen LogP) is 1.31. The molecule has 2 unspecified atom stereocenters. The van der Waals surface area contributed by atoms with Crippen molar-refractivity contribution in [2.75, 3.05) is 38.3 Å². The Hall–Kier alpha value is -2.12. The zero-order valence-corrected chi connectivity index (χ0v) is 17.3. The van der Waals surface area contributed by atoms with Crippen LogP contribution in [0.15, 0.2) is 30.3 Å². The highest BCUT2D eigenvalue weighted by Crippen LogP contribution is 2.26. The highest BCUT2D eigenvalue weighted by atomic mass is 16.5. The van der Waals surface area contributed by atoms with Gasteiger partial charge in [-0.25, -0.2) is 0 Å². The minimum absolute atomic E-state index is 0.116. The third kappa shape index (κ3) is 5.69. The van der Waals surface area contributed by atoms with Crippen LogP contribution in [0.25, 0.3) is 0 Å². The van der Waals surface area contributed by atoms with Crippen molar-refractivity contribution < 1.29 is 19.4 Å². The van der Waals surface area contributed by atoms with E-state index in [0.29, 0.717) is 13.0 Å². The summed E-state index contributed by atoms with van der Waals surface area (Å²) in [6, 6.07) is 9.43. The van der Waals surface area contributed by atoms with E-state index in [2.05, 4.69) is 10.6 Å². The number of amides is 2. The number of aliphatic hydroxyl groups is 1. The van der Waals surface area contributed by atoms with Gasteiger partial charge in [-0.1, -0.05) is 39.0 Å². The van der Waals surface area contributed by atoms with E-state index in [0.717, 1.165) is 12.1 Å². The Morgan fingerprint density at radius 1 is 1.29 bits per heavy atom. The van der Waals surface area contributed by atoms with Gasteiger partial charge in [0.1, 0.15) is 0 Å². The second-order valence-electron chi connectivity index (χ2n) is 8.49. The Kier molecular flexibility index (Phi) is 7.43. The Morgan fingerprint density at radius 3 is 2.50 bits per heavy atom. The van der Waals surface area contributed by atoms with Gasteiger partial charge in [-0.2, -0.15) is 0 Å². The zero-order valence-electron chi connectivity index (χ0n) is 17.3. The monoisotopic (exact) mass is 391 g/mol. The summed E-state index contributed by atoms with van der Waals surface area (Å²) in [5.74, 6) is -0.438. The first-order chi connectivity index (χ1) is 13.2. The summed E-state index contributed by atoms with van der Waals surface area (Å²) in [6.07, 6.45) is 1.25. The SMILES string of the molecule is CN(CC(=O)NC(CNC(=O)C1(CO)CCCO1)C(C)(C)C)c1ccccc1. The quantitative estimate of drug-likeness (QED) is 0.622. The number of carbonyl (C=O) groups excluding carboxylic acids is 2. The fourth-order valence-corrected chi connectivity index (χ4v) is 3.23. The van der Waals surface area contributed by atoms with Crippen molar-refractivity contribution in [2.24, 2.45) is 5.41 Å². The van der Waals surface area contributed by atoms with E-state index in [1.807, 2.05) is 63.1 Å². The molecule has 7 nitrogen and oxygen atoms in total. The number of aliphatic hydroxyl groups excluding tert-OH is 1. The van der Waals surface area contributed by atoms with Gasteiger partial charge in [0.25, 0.3) is 5.91 Å². The molecule has 1 aliphatic rings. The molecular weight excluding hydrogens is 358 g/mol. The van der Waals surface area contributed by atoms with Gasteiger partial charge in [0, 0.05) is 25.9 Å². The van der Waals surface area contributed by atoms with Crippen molar-refractivity contribution >= 4 is 17.5 Å². The number of hydrogen-bond acceptors (Lipinski definition) is 5. The highest BCUT2D eigenvalue weighted by Gasteiger charge is 2.42. The smallest absolute Gasteiger partial charge is 0.254 e. The number of para-hydroxylation sites is 1. The average molecular weight is 392 g/mol. The van der Waals surface area contributed by atoms with Crippen LogP contribution in [-0.4, -0.2) is 61.9 Å². The molecule has 0 radical (unpaired) electrons. The van der Waals surface area contributed by atoms with Gasteiger partial charge in [0.2, 0.25) is 5.91 Å². The fourth-order valence-electron chi connectivity index (χ4n) is 3.23. The van der Waals surface area contributed by atoms with Crippen LogP contribution in [0.5, 0.6) is 0 Å². The first-order valence-corrected chi connectivity index (χ1v) is 9.76. The van der Waals surface area contributed by atoms with E-state index >= 15 is 0 Å². The molecule has 1 aromatic carbocycles. The number of hydrogen-bond donors (Lipinski definition) is 3. The van der Waals surface area contributed by atoms with Crippen molar-refractivity contribution in [3.63, 3.8) is 0 Å². The van der Waals surface area contributed by atoms with E-state index in [1.54, 1.807) is 0 Å². The van der Waals surface area contributed by atoms with E-state index in [-0.39, 0.29) is 43.0 Å². The number of rotatable bonds is 8. The number of carbonyl (C=O) groups is 2. The van der Waals surface area contributed by atoms with Crippen molar-refractivity contribution in [3.8, 4) is 0 Å². The summed E-state index contributed by atoms with van der Waals surface area (Å²) >= 11 is 0. The van der Waals surface area contributed by atoms with Crippen LogP contribution >= 0.6 is 0 Å². The van der Waals surface area contributed by atoms with Crippen LogP contribution < -0.4 is 15.5 Å². The largest absolute Gasteiger partial charge is 0.393 e. The Bertz CT molecular complexity index is 651. The van der Waals surface area contributed by atoms with E-state index in [9.17, 15) is 14.7 Å². The Morgan fingerprint density at radius 2 is 1.96 bits per heavy atom. The van der Waals surface area contributed by atoms with Crippen molar-refractivity contribution in [1.82, 2.24) is 10.6 Å². The number of ether oxygens (including phenoxy) is 1. The Labute approximate surface area is 167 Å². The lowest BCUT2D eigenvalue weighted by Gasteiger charge is -2.34. The molecule has 0 aliphatic carbocycles. The predicted molar refractivity (Wildman–Crippen MR) is 109 cm³/mol. The number of benzene rings is 1. The van der Waals surface area contributed by atoms with Gasteiger partial charge in [-0.05, 0) is 30.4 Å². The molecule has 2 rings (SSSR count). The van der Waals surface area contributed by atoms with Crippen LogP contribution in [0.2, 0.25) is 0 Å². The van der Waals surface area contributed by atoms with E-state index in [4.69, 9.17) is 4.74 Å². The maximum Gasteiger partial charge on any atom is 0.254 e. The fraction of sp³-hybridized carbons (Fsp3) is 0.619. The summed E-state index contributed by atoms with van der Waals surface area (Å²) in [7, 11) is 1.87. The summed E-state index contributed by atoms with van der Waals surface area (Å²) in [4.78, 5) is 27.0. The maximum absolute atomic E-state index is 12.6. The molecule has 3 N–H and O–H groups in total. The molecule has 0 bridgehead atoms. The van der Waals surface area contributed by atoms with Crippen LogP contribution in [0, 0.1) is 5.41 Å². The molecule has 156 valence electrons. The van der Waals surface area contributed by atoms with Crippen LogP contribution in [-0.2, 0) is 14.3 Å². The standard InChI is InChI=1S/C21H33N3O4/c1-20(2,3)17(13-22-19(27)21(15-25)11-8-12-28-21)23-18(26)14-24(4)16-9-6-5-7-10-16/h5-7,9-10,17,25H,8,11-15H2,1-4H3,(H,22,27)(H,23,26). The van der Waals surface area contributed by atoms with Crippen LogP contribution in [0.3, 0.4) is 0 Å². The van der Waals surface area contributed by atoms with Gasteiger partial charge in [0.15, 0.2) is 5.60 Å². The second-order valence-corrected chi connectivity index (χ2v) is 8.49. The number of likely N-dealkylation sites (N-methyl/N-ethyl adjacent to an activating group) is 1. The van der Waals surface area contributed by atoms with Crippen molar-refractivity contribution in [1.29, 1.82) is 0 Å². The normalized spacial score (nSPS) is 20.5. The molecule has 2 amide bonds. The van der Waals surface area contributed by atoms with Crippen molar-refractivity contribution in [3.05, 3.63) is 30.3 Å². The molecule has 1 aromatic rings. The molecule has 1 aliphatic heterocycles. The minimum atomic E-state index is -1.15. The van der Waals surface area contributed by atoms with E-state index in [1.165, 1.54) is 0 Å². The summed E-state index contributed by atoms with van der Waals surface area (Å²) in [6.45, 7) is 6.66. The molecule has 1 heterocycles.